The van der Waals surface area contributed by atoms with E-state index in [2.05, 4.69) is 70.5 Å². The first-order chi connectivity index (χ1) is 16.1. The van der Waals surface area contributed by atoms with Crippen LogP contribution in [0.3, 0.4) is 0 Å². The van der Waals surface area contributed by atoms with Crippen LogP contribution in [0.5, 0.6) is 0 Å². The summed E-state index contributed by atoms with van der Waals surface area (Å²) in [6, 6.07) is 23.3. The molecule has 172 valence electrons. The molecule has 1 aliphatic rings. The Morgan fingerprint density at radius 1 is 0.970 bits per heavy atom. The van der Waals surface area contributed by atoms with Gasteiger partial charge in [0.25, 0.3) is 0 Å². The number of nitrogens with zero attached hydrogens (tertiary/aromatic N) is 3. The summed E-state index contributed by atoms with van der Waals surface area (Å²) in [6.45, 7) is 3.04. The number of aromatic nitrogens is 1. The maximum Gasteiger partial charge on any atom is 0.228 e. The van der Waals surface area contributed by atoms with Gasteiger partial charge in [-0.3, -0.25) is 9.78 Å². The number of carbonyl (C=O) groups is 1. The zero-order chi connectivity index (χ0) is 23.1. The molecule has 0 bridgehead atoms. The molecular formula is C29H35N3O. The highest BCUT2D eigenvalue weighted by atomic mass is 16.2. The van der Waals surface area contributed by atoms with E-state index in [9.17, 15) is 4.79 Å². The van der Waals surface area contributed by atoms with E-state index in [1.54, 1.807) is 11.1 Å². The van der Waals surface area contributed by atoms with Gasteiger partial charge in [-0.05, 0) is 74.5 Å². The van der Waals surface area contributed by atoms with Crippen molar-refractivity contribution in [3.63, 3.8) is 0 Å². The Labute approximate surface area is 198 Å². The number of hydrogen-bond acceptors (Lipinski definition) is 3. The van der Waals surface area contributed by atoms with Crippen molar-refractivity contribution in [1.82, 2.24) is 14.8 Å². The molecule has 4 heteroatoms. The summed E-state index contributed by atoms with van der Waals surface area (Å²) < 4.78 is 0. The predicted molar refractivity (Wildman–Crippen MR) is 135 cm³/mol. The molecule has 0 atom stereocenters. The number of hydrogen-bond donors (Lipinski definition) is 0. The van der Waals surface area contributed by atoms with Crippen molar-refractivity contribution in [3.8, 4) is 11.1 Å². The predicted octanol–water partition coefficient (Wildman–Crippen LogP) is 5.09. The van der Waals surface area contributed by atoms with Gasteiger partial charge in [0.2, 0.25) is 5.91 Å². The molecule has 1 fully saturated rings. The van der Waals surface area contributed by atoms with Crippen LogP contribution in [0.1, 0.15) is 30.4 Å². The Balaban J connectivity index is 1.46. The SMILES string of the molecule is CN(C)C(=O)C1(Cc2ccccc2-c2cccnc2)CCN(CCCc2ccccc2)CC1. The number of carbonyl (C=O) groups excluding carboxylic acids is 1. The van der Waals surface area contributed by atoms with Crippen LogP contribution in [0, 0.1) is 5.41 Å². The Morgan fingerprint density at radius 3 is 2.39 bits per heavy atom. The molecule has 4 rings (SSSR count). The number of amides is 1. The molecule has 0 radical (unpaired) electrons. The highest BCUT2D eigenvalue weighted by Crippen LogP contribution is 2.39. The van der Waals surface area contributed by atoms with Crippen LogP contribution in [0.4, 0.5) is 0 Å². The number of piperidine rings is 1. The number of aryl methyl sites for hydroxylation is 1. The average Bonchev–Trinajstić information content (AvgIpc) is 2.86. The van der Waals surface area contributed by atoms with Gasteiger partial charge in [0.05, 0.1) is 5.41 Å². The summed E-state index contributed by atoms with van der Waals surface area (Å²) >= 11 is 0. The van der Waals surface area contributed by atoms with Gasteiger partial charge >= 0.3 is 0 Å². The maximum atomic E-state index is 13.5. The Bertz CT molecular complexity index is 1030. The van der Waals surface area contributed by atoms with Crippen molar-refractivity contribution in [1.29, 1.82) is 0 Å². The second-order valence-electron chi connectivity index (χ2n) is 9.49. The molecule has 0 spiro atoms. The topological polar surface area (TPSA) is 36.4 Å². The molecular weight excluding hydrogens is 406 g/mol. The van der Waals surface area contributed by atoms with Crippen LogP contribution >= 0.6 is 0 Å². The van der Waals surface area contributed by atoms with E-state index in [4.69, 9.17) is 0 Å². The summed E-state index contributed by atoms with van der Waals surface area (Å²) in [7, 11) is 3.78. The molecule has 1 aliphatic heterocycles. The summed E-state index contributed by atoms with van der Waals surface area (Å²) in [4.78, 5) is 22.1. The van der Waals surface area contributed by atoms with Gasteiger partial charge in [-0.25, -0.2) is 0 Å². The zero-order valence-corrected chi connectivity index (χ0v) is 19.9. The van der Waals surface area contributed by atoms with Crippen molar-refractivity contribution in [2.75, 3.05) is 33.7 Å². The second kappa shape index (κ2) is 10.8. The molecule has 3 aromatic rings. The average molecular weight is 442 g/mol. The van der Waals surface area contributed by atoms with Crippen molar-refractivity contribution in [2.45, 2.75) is 32.1 Å². The lowest BCUT2D eigenvalue weighted by Crippen LogP contribution is -2.49. The minimum atomic E-state index is -0.349. The van der Waals surface area contributed by atoms with Crippen molar-refractivity contribution < 1.29 is 4.79 Å². The molecule has 0 N–H and O–H groups in total. The first-order valence-corrected chi connectivity index (χ1v) is 12.0. The maximum absolute atomic E-state index is 13.5. The molecule has 1 aromatic heterocycles. The minimum Gasteiger partial charge on any atom is -0.348 e. The van der Waals surface area contributed by atoms with E-state index in [0.717, 1.165) is 57.3 Å². The molecule has 33 heavy (non-hydrogen) atoms. The van der Waals surface area contributed by atoms with E-state index in [-0.39, 0.29) is 11.3 Å². The van der Waals surface area contributed by atoms with Gasteiger partial charge in [-0.1, -0.05) is 60.7 Å². The quantitative estimate of drug-likeness (QED) is 0.488. The summed E-state index contributed by atoms with van der Waals surface area (Å²) in [6.07, 6.45) is 8.55. The lowest BCUT2D eigenvalue weighted by atomic mass is 9.71. The molecule has 0 unspecified atom stereocenters. The van der Waals surface area contributed by atoms with E-state index in [1.807, 2.05) is 26.4 Å². The molecule has 2 heterocycles. The molecule has 0 aliphatic carbocycles. The van der Waals surface area contributed by atoms with Gasteiger partial charge < -0.3 is 9.80 Å². The third kappa shape index (κ3) is 5.69. The van der Waals surface area contributed by atoms with Crippen LogP contribution in [0.15, 0.2) is 79.1 Å². The highest BCUT2D eigenvalue weighted by molar-refractivity contribution is 5.83. The molecule has 1 amide bonds. The van der Waals surface area contributed by atoms with Gasteiger partial charge in [-0.2, -0.15) is 0 Å². The van der Waals surface area contributed by atoms with Crippen LogP contribution < -0.4 is 0 Å². The van der Waals surface area contributed by atoms with Crippen molar-refractivity contribution in [2.24, 2.45) is 5.41 Å². The van der Waals surface area contributed by atoms with E-state index in [0.29, 0.717) is 0 Å². The molecule has 4 nitrogen and oxygen atoms in total. The van der Waals surface area contributed by atoms with E-state index in [1.165, 1.54) is 16.7 Å². The third-order valence-corrected chi connectivity index (χ3v) is 6.97. The number of benzene rings is 2. The van der Waals surface area contributed by atoms with Crippen LogP contribution in [-0.2, 0) is 17.6 Å². The normalized spacial score (nSPS) is 15.8. The summed E-state index contributed by atoms with van der Waals surface area (Å²) in [5.41, 5.74) is 4.58. The third-order valence-electron chi connectivity index (χ3n) is 6.97. The zero-order valence-electron chi connectivity index (χ0n) is 19.9. The molecule has 0 saturated carbocycles. The lowest BCUT2D eigenvalue weighted by molar-refractivity contribution is -0.142. The number of pyridine rings is 1. The standard InChI is InChI=1S/C29H35N3O/c1-31(2)28(33)29(22-25-13-6-7-15-27(25)26-14-8-18-30-23-26)16-20-32(21-17-29)19-9-12-24-10-4-3-5-11-24/h3-8,10-11,13-15,18,23H,9,12,16-17,19-22H2,1-2H3. The smallest absolute Gasteiger partial charge is 0.228 e. The van der Waals surface area contributed by atoms with Gasteiger partial charge in [-0.15, -0.1) is 0 Å². The number of rotatable bonds is 8. The van der Waals surface area contributed by atoms with Crippen LogP contribution in [0.25, 0.3) is 11.1 Å². The van der Waals surface area contributed by atoms with Crippen molar-refractivity contribution in [3.05, 3.63) is 90.3 Å². The fourth-order valence-corrected chi connectivity index (χ4v) is 5.14. The lowest BCUT2D eigenvalue weighted by Gasteiger charge is -2.42. The minimum absolute atomic E-state index is 0.257. The van der Waals surface area contributed by atoms with Gasteiger partial charge in [0, 0.05) is 32.1 Å². The van der Waals surface area contributed by atoms with Crippen LogP contribution in [-0.4, -0.2) is 54.4 Å². The Hall–Kier alpha value is -2.98. The first-order valence-electron chi connectivity index (χ1n) is 12.0. The largest absolute Gasteiger partial charge is 0.348 e. The van der Waals surface area contributed by atoms with Gasteiger partial charge in [0.1, 0.15) is 0 Å². The van der Waals surface area contributed by atoms with Crippen LogP contribution in [0.2, 0.25) is 0 Å². The molecule has 1 saturated heterocycles. The van der Waals surface area contributed by atoms with Crippen molar-refractivity contribution >= 4 is 5.91 Å². The number of likely N-dealkylation sites (tertiary alicyclic amines) is 1. The first kappa shape index (κ1) is 23.2. The molecule has 2 aromatic carbocycles. The fourth-order valence-electron chi connectivity index (χ4n) is 5.14. The second-order valence-corrected chi connectivity index (χ2v) is 9.49. The Morgan fingerprint density at radius 2 is 1.70 bits per heavy atom. The highest BCUT2D eigenvalue weighted by Gasteiger charge is 2.42. The monoisotopic (exact) mass is 441 g/mol. The van der Waals surface area contributed by atoms with E-state index >= 15 is 0 Å². The van der Waals surface area contributed by atoms with E-state index < -0.39 is 0 Å². The fraction of sp³-hybridized carbons (Fsp3) is 0.379. The Kier molecular flexibility index (Phi) is 7.56. The summed E-state index contributed by atoms with van der Waals surface area (Å²) in [5, 5.41) is 0. The van der Waals surface area contributed by atoms with Gasteiger partial charge in [0.15, 0.2) is 0 Å². The summed E-state index contributed by atoms with van der Waals surface area (Å²) in [5.74, 6) is 0.257.